The van der Waals surface area contributed by atoms with E-state index < -0.39 is 0 Å². The van der Waals surface area contributed by atoms with Gasteiger partial charge in [0.1, 0.15) is 0 Å². The van der Waals surface area contributed by atoms with Crippen molar-refractivity contribution in [1.82, 2.24) is 10.2 Å². The first-order valence-corrected chi connectivity index (χ1v) is 8.06. The summed E-state index contributed by atoms with van der Waals surface area (Å²) in [4.78, 5) is 2.69. The zero-order valence-electron chi connectivity index (χ0n) is 13.4. The van der Waals surface area contributed by atoms with E-state index in [0.717, 1.165) is 13.1 Å². The highest BCUT2D eigenvalue weighted by Crippen LogP contribution is 2.44. The van der Waals surface area contributed by atoms with Gasteiger partial charge in [0.05, 0.1) is 0 Å². The molecule has 1 aliphatic carbocycles. The highest BCUT2D eigenvalue weighted by atomic mass is 15.2. The summed E-state index contributed by atoms with van der Waals surface area (Å²) in [6.07, 6.45) is 1.29. The first-order chi connectivity index (χ1) is 9.47. The van der Waals surface area contributed by atoms with E-state index in [-0.39, 0.29) is 5.41 Å². The Labute approximate surface area is 123 Å². The number of benzene rings is 1. The van der Waals surface area contributed by atoms with Crippen molar-refractivity contribution >= 4 is 0 Å². The number of fused-ring (bicyclic) bond motifs is 1. The minimum Gasteiger partial charge on any atom is -0.314 e. The van der Waals surface area contributed by atoms with Crippen LogP contribution in [0.25, 0.3) is 0 Å². The summed E-state index contributed by atoms with van der Waals surface area (Å²) >= 11 is 0. The molecule has 1 aliphatic heterocycles. The van der Waals surface area contributed by atoms with Gasteiger partial charge in [-0.15, -0.1) is 0 Å². The molecule has 0 bridgehead atoms. The Balaban J connectivity index is 1.94. The quantitative estimate of drug-likeness (QED) is 0.842. The molecule has 2 aliphatic rings. The molecule has 1 fully saturated rings. The monoisotopic (exact) mass is 272 g/mol. The van der Waals surface area contributed by atoms with Crippen molar-refractivity contribution < 1.29 is 0 Å². The molecule has 1 aromatic carbocycles. The number of hydrogen-bond donors (Lipinski definition) is 1. The molecule has 3 rings (SSSR count). The lowest BCUT2D eigenvalue weighted by Crippen LogP contribution is -2.44. The van der Waals surface area contributed by atoms with Crippen LogP contribution in [0.4, 0.5) is 0 Å². The predicted octanol–water partition coefficient (Wildman–Crippen LogP) is 3.44. The number of piperazine rings is 1. The van der Waals surface area contributed by atoms with Gasteiger partial charge in [-0.1, -0.05) is 45.9 Å². The number of nitrogens with one attached hydrogen (secondary N) is 1. The van der Waals surface area contributed by atoms with E-state index in [0.29, 0.717) is 12.0 Å². The van der Waals surface area contributed by atoms with Gasteiger partial charge in [-0.25, -0.2) is 0 Å². The van der Waals surface area contributed by atoms with Crippen LogP contribution in [0.5, 0.6) is 0 Å². The minimum absolute atomic E-state index is 0.245. The van der Waals surface area contributed by atoms with E-state index in [9.17, 15) is 0 Å². The standard InChI is InChI=1S/C18H28N2/c1-13-11-17(20-9-7-19-8-10-20)16-12-14(18(2,3)4)5-6-15(13)16/h5-6,12-13,17,19H,7-11H2,1-4H3. The van der Waals surface area contributed by atoms with Crippen molar-refractivity contribution in [3.63, 3.8) is 0 Å². The van der Waals surface area contributed by atoms with Crippen molar-refractivity contribution in [2.24, 2.45) is 0 Å². The largest absolute Gasteiger partial charge is 0.314 e. The van der Waals surface area contributed by atoms with Crippen LogP contribution in [0, 0.1) is 0 Å². The van der Waals surface area contributed by atoms with E-state index in [1.807, 2.05) is 0 Å². The zero-order chi connectivity index (χ0) is 14.3. The second-order valence-corrected chi connectivity index (χ2v) is 7.53. The summed E-state index contributed by atoms with van der Waals surface area (Å²) < 4.78 is 0. The fourth-order valence-corrected chi connectivity index (χ4v) is 3.71. The van der Waals surface area contributed by atoms with Gasteiger partial charge >= 0.3 is 0 Å². The maximum absolute atomic E-state index is 3.47. The van der Waals surface area contributed by atoms with Gasteiger partial charge in [0.15, 0.2) is 0 Å². The van der Waals surface area contributed by atoms with Crippen LogP contribution in [0.15, 0.2) is 18.2 Å². The minimum atomic E-state index is 0.245. The SMILES string of the molecule is CC1CC(N2CCNCC2)c2cc(C(C)(C)C)ccc21. The molecular formula is C18H28N2. The Kier molecular flexibility index (Phi) is 3.64. The molecular weight excluding hydrogens is 244 g/mol. The molecule has 0 aromatic heterocycles. The van der Waals surface area contributed by atoms with Crippen LogP contribution in [0.1, 0.15) is 62.8 Å². The topological polar surface area (TPSA) is 15.3 Å². The fraction of sp³-hybridized carbons (Fsp3) is 0.667. The summed E-state index contributed by atoms with van der Waals surface area (Å²) in [6.45, 7) is 14.0. The summed E-state index contributed by atoms with van der Waals surface area (Å²) in [5.74, 6) is 0.707. The molecule has 1 heterocycles. The molecule has 2 unspecified atom stereocenters. The third-order valence-corrected chi connectivity index (χ3v) is 5.01. The van der Waals surface area contributed by atoms with Gasteiger partial charge in [-0.05, 0) is 34.4 Å². The Hall–Kier alpha value is -0.860. The summed E-state index contributed by atoms with van der Waals surface area (Å²) in [7, 11) is 0. The molecule has 0 amide bonds. The molecule has 2 atom stereocenters. The normalized spacial score (nSPS) is 27.6. The lowest BCUT2D eigenvalue weighted by Gasteiger charge is -2.33. The van der Waals surface area contributed by atoms with Crippen LogP contribution in [-0.2, 0) is 5.41 Å². The average molecular weight is 272 g/mol. The van der Waals surface area contributed by atoms with Crippen LogP contribution in [0.3, 0.4) is 0 Å². The lowest BCUT2D eigenvalue weighted by atomic mass is 9.85. The van der Waals surface area contributed by atoms with Crippen molar-refractivity contribution in [2.75, 3.05) is 26.2 Å². The second kappa shape index (κ2) is 5.16. The molecule has 2 nitrogen and oxygen atoms in total. The van der Waals surface area contributed by atoms with E-state index >= 15 is 0 Å². The molecule has 0 saturated carbocycles. The maximum Gasteiger partial charge on any atom is 0.0357 e. The summed E-state index contributed by atoms with van der Waals surface area (Å²) in [5.41, 5.74) is 4.91. The van der Waals surface area contributed by atoms with Crippen LogP contribution >= 0.6 is 0 Å². The number of nitrogens with zero attached hydrogens (tertiary/aromatic N) is 1. The van der Waals surface area contributed by atoms with E-state index in [4.69, 9.17) is 0 Å². The molecule has 110 valence electrons. The molecule has 1 aromatic rings. The van der Waals surface area contributed by atoms with Crippen LogP contribution in [-0.4, -0.2) is 31.1 Å². The smallest absolute Gasteiger partial charge is 0.0357 e. The first kappa shape index (κ1) is 14.1. The zero-order valence-corrected chi connectivity index (χ0v) is 13.4. The van der Waals surface area contributed by atoms with E-state index in [2.05, 4.69) is 56.1 Å². The fourth-order valence-electron chi connectivity index (χ4n) is 3.71. The Morgan fingerprint density at radius 2 is 1.80 bits per heavy atom. The van der Waals surface area contributed by atoms with Crippen LogP contribution in [0.2, 0.25) is 0 Å². The molecule has 0 radical (unpaired) electrons. The van der Waals surface area contributed by atoms with E-state index in [1.54, 1.807) is 11.1 Å². The molecule has 0 spiro atoms. The predicted molar refractivity (Wildman–Crippen MR) is 85.4 cm³/mol. The molecule has 20 heavy (non-hydrogen) atoms. The Bertz CT molecular complexity index is 481. The molecule has 1 N–H and O–H groups in total. The number of rotatable bonds is 1. The molecule has 1 saturated heterocycles. The van der Waals surface area contributed by atoms with Crippen molar-refractivity contribution in [3.8, 4) is 0 Å². The van der Waals surface area contributed by atoms with Gasteiger partial charge in [-0.2, -0.15) is 0 Å². The Morgan fingerprint density at radius 3 is 2.45 bits per heavy atom. The maximum atomic E-state index is 3.47. The lowest BCUT2D eigenvalue weighted by molar-refractivity contribution is 0.170. The van der Waals surface area contributed by atoms with E-state index in [1.165, 1.54) is 25.1 Å². The summed E-state index contributed by atoms with van der Waals surface area (Å²) in [6, 6.07) is 7.87. The Morgan fingerprint density at radius 1 is 1.10 bits per heavy atom. The number of hydrogen-bond acceptors (Lipinski definition) is 2. The van der Waals surface area contributed by atoms with Gasteiger partial charge in [-0.3, -0.25) is 4.90 Å². The second-order valence-electron chi connectivity index (χ2n) is 7.53. The summed E-state index contributed by atoms with van der Waals surface area (Å²) in [5, 5.41) is 3.47. The van der Waals surface area contributed by atoms with Crippen molar-refractivity contribution in [3.05, 3.63) is 34.9 Å². The third-order valence-electron chi connectivity index (χ3n) is 5.01. The third kappa shape index (κ3) is 2.51. The average Bonchev–Trinajstić information content (AvgIpc) is 2.76. The van der Waals surface area contributed by atoms with Gasteiger partial charge in [0.25, 0.3) is 0 Å². The van der Waals surface area contributed by atoms with Crippen LogP contribution < -0.4 is 5.32 Å². The van der Waals surface area contributed by atoms with Gasteiger partial charge in [0.2, 0.25) is 0 Å². The van der Waals surface area contributed by atoms with Crippen molar-refractivity contribution in [1.29, 1.82) is 0 Å². The van der Waals surface area contributed by atoms with Gasteiger partial charge in [0, 0.05) is 32.2 Å². The highest BCUT2D eigenvalue weighted by Gasteiger charge is 2.33. The first-order valence-electron chi connectivity index (χ1n) is 8.06. The van der Waals surface area contributed by atoms with Crippen molar-refractivity contribution in [2.45, 2.75) is 51.5 Å². The molecule has 2 heteroatoms. The highest BCUT2D eigenvalue weighted by molar-refractivity contribution is 5.42. The van der Waals surface area contributed by atoms with Gasteiger partial charge < -0.3 is 5.32 Å².